The van der Waals surface area contributed by atoms with Crippen LogP contribution in [0.5, 0.6) is 0 Å². The van der Waals surface area contributed by atoms with Crippen LogP contribution in [0.3, 0.4) is 0 Å². The Morgan fingerprint density at radius 2 is 2.12 bits per heavy atom. The topological polar surface area (TPSA) is 93.9 Å². The molecule has 0 aliphatic carbocycles. The largest absolute Gasteiger partial charge is 0.380 e. The van der Waals surface area contributed by atoms with E-state index in [1.165, 1.54) is 0 Å². The first-order chi connectivity index (χ1) is 12.8. The van der Waals surface area contributed by atoms with Crippen LogP contribution in [0.2, 0.25) is 0 Å². The minimum absolute atomic E-state index is 0.168. The van der Waals surface area contributed by atoms with Gasteiger partial charge in [-0.1, -0.05) is 23.3 Å². The van der Waals surface area contributed by atoms with Gasteiger partial charge in [0.05, 0.1) is 17.8 Å². The van der Waals surface area contributed by atoms with Gasteiger partial charge in [-0.05, 0) is 35.0 Å². The number of aromatic nitrogens is 6. The Kier molecular flexibility index (Phi) is 4.69. The van der Waals surface area contributed by atoms with Crippen LogP contribution in [-0.4, -0.2) is 62.5 Å². The smallest absolute Gasteiger partial charge is 0.247 e. The molecule has 0 radical (unpaired) electrons. The number of nitrogens with zero attached hydrogens (tertiary/aromatic N) is 7. The monoisotopic (exact) mass is 352 g/mol. The van der Waals surface area contributed by atoms with Crippen molar-refractivity contribution in [3.63, 3.8) is 0 Å². The van der Waals surface area contributed by atoms with Gasteiger partial charge in [0.15, 0.2) is 0 Å². The van der Waals surface area contributed by atoms with Crippen molar-refractivity contribution in [1.82, 2.24) is 30.2 Å². The van der Waals surface area contributed by atoms with Gasteiger partial charge in [-0.25, -0.2) is 9.97 Å². The van der Waals surface area contributed by atoms with Gasteiger partial charge < -0.3 is 15.0 Å². The molecule has 4 rings (SSSR count). The quantitative estimate of drug-likeness (QED) is 0.706. The maximum absolute atomic E-state index is 5.56. The highest BCUT2D eigenvalue weighted by atomic mass is 16.5. The summed E-state index contributed by atoms with van der Waals surface area (Å²) in [6.07, 6.45) is 4.39. The van der Waals surface area contributed by atoms with Gasteiger partial charge in [-0.2, -0.15) is 4.68 Å². The fraction of sp³-hybridized carbons (Fsp3) is 0.353. The number of hydrogen-bond acceptors (Lipinski definition) is 8. The number of nitrogens with one attached hydrogen (secondary N) is 1. The highest BCUT2D eigenvalue weighted by molar-refractivity contribution is 5.43. The molecule has 0 amide bonds. The lowest BCUT2D eigenvalue weighted by molar-refractivity contribution is 0.118. The third-order valence-corrected chi connectivity index (χ3v) is 4.54. The second-order valence-corrected chi connectivity index (χ2v) is 6.10. The molecule has 0 unspecified atom stereocenters. The molecular formula is C17H20N8O. The van der Waals surface area contributed by atoms with E-state index in [9.17, 15) is 0 Å². The van der Waals surface area contributed by atoms with E-state index in [1.807, 2.05) is 36.4 Å². The zero-order valence-electron chi connectivity index (χ0n) is 14.4. The molecule has 9 nitrogen and oxygen atoms in total. The van der Waals surface area contributed by atoms with Gasteiger partial charge in [-0.15, -0.1) is 0 Å². The summed E-state index contributed by atoms with van der Waals surface area (Å²) in [6.45, 7) is 1.47. The normalized spacial score (nSPS) is 19.7. The van der Waals surface area contributed by atoms with E-state index in [0.29, 0.717) is 12.5 Å². The van der Waals surface area contributed by atoms with Crippen molar-refractivity contribution in [2.75, 3.05) is 30.4 Å². The predicted octanol–water partition coefficient (Wildman–Crippen LogP) is 1.16. The maximum Gasteiger partial charge on any atom is 0.247 e. The van der Waals surface area contributed by atoms with Gasteiger partial charge >= 0.3 is 0 Å². The standard InChI is InChI=1S/C17H20N8O/c1-26-15-9-14(24(11-15)16-7-8-18-12-20-16)10-19-17-21-22-23-25(17)13-5-3-2-4-6-13/h2-8,12,14-15H,9-11H2,1H3,(H,19,21,23)/t14-,15-/m1/s1. The van der Waals surface area contributed by atoms with Gasteiger partial charge in [0.1, 0.15) is 12.1 Å². The van der Waals surface area contributed by atoms with Crippen LogP contribution < -0.4 is 10.2 Å². The van der Waals surface area contributed by atoms with Crippen molar-refractivity contribution in [3.8, 4) is 5.69 Å². The van der Waals surface area contributed by atoms with E-state index in [0.717, 1.165) is 24.5 Å². The molecule has 26 heavy (non-hydrogen) atoms. The summed E-state index contributed by atoms with van der Waals surface area (Å²) in [4.78, 5) is 10.6. The SMILES string of the molecule is CO[C@@H]1C[C@H](CNc2nnnn2-c2ccccc2)N(c2ccncn2)C1. The average molecular weight is 352 g/mol. The van der Waals surface area contributed by atoms with Gasteiger partial charge in [0, 0.05) is 26.4 Å². The van der Waals surface area contributed by atoms with Crippen molar-refractivity contribution in [2.24, 2.45) is 0 Å². The minimum atomic E-state index is 0.168. The van der Waals surface area contributed by atoms with E-state index in [4.69, 9.17) is 4.74 Å². The molecule has 3 heterocycles. The molecule has 0 spiro atoms. The zero-order valence-corrected chi connectivity index (χ0v) is 14.4. The van der Waals surface area contributed by atoms with Crippen LogP contribution in [0.4, 0.5) is 11.8 Å². The summed E-state index contributed by atoms with van der Waals surface area (Å²) < 4.78 is 7.26. The molecule has 3 aromatic rings. The number of rotatable bonds is 6. The first-order valence-electron chi connectivity index (χ1n) is 8.48. The molecule has 2 aromatic heterocycles. The summed E-state index contributed by atoms with van der Waals surface area (Å²) in [5, 5.41) is 15.3. The third-order valence-electron chi connectivity index (χ3n) is 4.54. The predicted molar refractivity (Wildman–Crippen MR) is 96.2 cm³/mol. The number of benzene rings is 1. The lowest BCUT2D eigenvalue weighted by Gasteiger charge is -2.25. The Bertz CT molecular complexity index is 825. The van der Waals surface area contributed by atoms with Crippen molar-refractivity contribution >= 4 is 11.8 Å². The van der Waals surface area contributed by atoms with Crippen molar-refractivity contribution in [3.05, 3.63) is 48.9 Å². The average Bonchev–Trinajstić information content (AvgIpc) is 3.34. The highest BCUT2D eigenvalue weighted by Crippen LogP contribution is 2.25. The Morgan fingerprint density at radius 1 is 1.23 bits per heavy atom. The molecule has 134 valence electrons. The van der Waals surface area contributed by atoms with Crippen LogP contribution in [0.1, 0.15) is 6.42 Å². The molecule has 0 bridgehead atoms. The Hall–Kier alpha value is -3.07. The van der Waals surface area contributed by atoms with Gasteiger partial charge in [0.2, 0.25) is 5.95 Å². The summed E-state index contributed by atoms with van der Waals surface area (Å²) >= 11 is 0. The molecule has 1 fully saturated rings. The fourth-order valence-corrected chi connectivity index (χ4v) is 3.22. The van der Waals surface area contributed by atoms with Crippen LogP contribution in [-0.2, 0) is 4.74 Å². The van der Waals surface area contributed by atoms with E-state index < -0.39 is 0 Å². The maximum atomic E-state index is 5.56. The molecule has 1 saturated heterocycles. The van der Waals surface area contributed by atoms with Crippen molar-refractivity contribution in [2.45, 2.75) is 18.6 Å². The summed E-state index contributed by atoms with van der Waals surface area (Å²) in [5.41, 5.74) is 0.911. The van der Waals surface area contributed by atoms with Gasteiger partial charge in [-0.3, -0.25) is 0 Å². The van der Waals surface area contributed by atoms with Crippen LogP contribution in [0, 0.1) is 0 Å². The molecule has 1 aromatic carbocycles. The van der Waals surface area contributed by atoms with E-state index in [-0.39, 0.29) is 12.1 Å². The number of anilines is 2. The van der Waals surface area contributed by atoms with Crippen LogP contribution in [0.25, 0.3) is 5.69 Å². The fourth-order valence-electron chi connectivity index (χ4n) is 3.22. The van der Waals surface area contributed by atoms with E-state index >= 15 is 0 Å². The molecule has 1 aliphatic rings. The summed E-state index contributed by atoms with van der Waals surface area (Å²) in [5.74, 6) is 1.51. The van der Waals surface area contributed by atoms with E-state index in [2.05, 4.69) is 35.7 Å². The zero-order chi connectivity index (χ0) is 17.8. The lowest BCUT2D eigenvalue weighted by atomic mass is 10.2. The second-order valence-electron chi connectivity index (χ2n) is 6.10. The first-order valence-corrected chi connectivity index (χ1v) is 8.48. The summed E-state index contributed by atoms with van der Waals surface area (Å²) in [7, 11) is 1.74. The molecule has 9 heteroatoms. The number of ether oxygens (including phenoxy) is 1. The summed E-state index contributed by atoms with van der Waals surface area (Å²) in [6, 6.07) is 11.9. The number of hydrogen-bond donors (Lipinski definition) is 1. The Labute approximate surface area is 151 Å². The first kappa shape index (κ1) is 16.4. The second kappa shape index (κ2) is 7.44. The molecule has 1 N–H and O–H groups in total. The van der Waals surface area contributed by atoms with Crippen LogP contribution >= 0.6 is 0 Å². The molecule has 2 atom stereocenters. The lowest BCUT2D eigenvalue weighted by Crippen LogP contribution is -2.36. The molecular weight excluding hydrogens is 332 g/mol. The van der Waals surface area contributed by atoms with Crippen molar-refractivity contribution in [1.29, 1.82) is 0 Å². The molecule has 1 aliphatic heterocycles. The number of tetrazole rings is 1. The number of para-hydroxylation sites is 1. The number of methoxy groups -OCH3 is 1. The van der Waals surface area contributed by atoms with E-state index in [1.54, 1.807) is 24.3 Å². The Morgan fingerprint density at radius 3 is 2.88 bits per heavy atom. The molecule has 0 saturated carbocycles. The van der Waals surface area contributed by atoms with Gasteiger partial charge in [0.25, 0.3) is 0 Å². The Balaban J connectivity index is 1.49. The van der Waals surface area contributed by atoms with Crippen molar-refractivity contribution < 1.29 is 4.74 Å². The third kappa shape index (κ3) is 3.33. The highest BCUT2D eigenvalue weighted by Gasteiger charge is 2.33. The minimum Gasteiger partial charge on any atom is -0.380 e. The van der Waals surface area contributed by atoms with Crippen LogP contribution in [0.15, 0.2) is 48.9 Å².